The van der Waals surface area contributed by atoms with E-state index in [0.717, 1.165) is 23.3 Å². The number of ether oxygens (including phenoxy) is 1. The third-order valence-electron chi connectivity index (χ3n) is 4.27. The molecule has 0 amide bonds. The number of aromatic carboxylic acids is 1. The van der Waals surface area contributed by atoms with E-state index < -0.39 is 5.97 Å². The maximum atomic E-state index is 11.7. The predicted octanol–water partition coefficient (Wildman–Crippen LogP) is 3.39. The summed E-state index contributed by atoms with van der Waals surface area (Å²) in [4.78, 5) is 15.8. The van der Waals surface area contributed by atoms with Crippen molar-refractivity contribution in [3.05, 3.63) is 65.1 Å². The number of fused-ring (bicyclic) bond motifs is 1. The normalized spacial score (nSPS) is 10.9. The molecule has 3 aromatic rings. The fourth-order valence-electron chi connectivity index (χ4n) is 2.96. The van der Waals surface area contributed by atoms with Crippen molar-refractivity contribution in [2.75, 3.05) is 7.11 Å². The lowest BCUT2D eigenvalue weighted by Crippen LogP contribution is -2.10. The molecule has 5 nitrogen and oxygen atoms in total. The van der Waals surface area contributed by atoms with Gasteiger partial charge in [0.15, 0.2) is 0 Å². The third kappa shape index (κ3) is 2.97. The van der Waals surface area contributed by atoms with E-state index in [-0.39, 0.29) is 5.69 Å². The first-order chi connectivity index (χ1) is 11.6. The van der Waals surface area contributed by atoms with Crippen molar-refractivity contribution < 1.29 is 14.6 Å². The molecule has 0 atom stereocenters. The van der Waals surface area contributed by atoms with Gasteiger partial charge in [0, 0.05) is 12.4 Å². The van der Waals surface area contributed by atoms with Crippen molar-refractivity contribution in [2.45, 2.75) is 26.2 Å². The van der Waals surface area contributed by atoms with E-state index in [1.54, 1.807) is 23.9 Å². The highest BCUT2D eigenvalue weighted by Crippen LogP contribution is 2.23. The quantitative estimate of drug-likeness (QED) is 0.755. The van der Waals surface area contributed by atoms with E-state index in [4.69, 9.17) is 4.74 Å². The number of carboxylic acid groups (broad SMARTS) is 1. The van der Waals surface area contributed by atoms with Crippen molar-refractivity contribution in [1.82, 2.24) is 9.38 Å². The van der Waals surface area contributed by atoms with Crippen LogP contribution in [0.15, 0.2) is 42.7 Å². The van der Waals surface area contributed by atoms with Gasteiger partial charge in [-0.3, -0.25) is 4.40 Å². The summed E-state index contributed by atoms with van der Waals surface area (Å²) in [5.41, 5.74) is 4.00. The van der Waals surface area contributed by atoms with Gasteiger partial charge in [0.05, 0.1) is 7.11 Å². The Morgan fingerprint density at radius 1 is 1.21 bits per heavy atom. The molecular formula is C19H20N2O3. The number of aromatic nitrogens is 2. The van der Waals surface area contributed by atoms with E-state index in [0.29, 0.717) is 18.5 Å². The number of carboxylic acids is 1. The number of methoxy groups -OCH3 is 1. The molecule has 0 aliphatic carbocycles. The van der Waals surface area contributed by atoms with Gasteiger partial charge in [-0.05, 0) is 48.1 Å². The van der Waals surface area contributed by atoms with Crippen LogP contribution in [-0.4, -0.2) is 27.6 Å². The molecule has 2 aromatic heterocycles. The molecule has 5 heteroatoms. The average molecular weight is 324 g/mol. The number of nitrogens with zero attached hydrogens (tertiary/aromatic N) is 2. The number of hydrogen-bond donors (Lipinski definition) is 1. The molecule has 0 saturated heterocycles. The Morgan fingerprint density at radius 2 is 1.96 bits per heavy atom. The van der Waals surface area contributed by atoms with Gasteiger partial charge in [0.2, 0.25) is 0 Å². The molecule has 2 heterocycles. The van der Waals surface area contributed by atoms with E-state index >= 15 is 0 Å². The number of imidazole rings is 1. The van der Waals surface area contributed by atoms with Gasteiger partial charge in [0.1, 0.15) is 17.1 Å². The van der Waals surface area contributed by atoms with E-state index in [9.17, 15) is 9.90 Å². The molecule has 1 N–H and O–H groups in total. The third-order valence-corrected chi connectivity index (χ3v) is 4.27. The summed E-state index contributed by atoms with van der Waals surface area (Å²) in [6, 6.07) is 9.90. The molecule has 3 rings (SSSR count). The van der Waals surface area contributed by atoms with Crippen LogP contribution in [0.2, 0.25) is 0 Å². The van der Waals surface area contributed by atoms with Crippen LogP contribution in [0.3, 0.4) is 0 Å². The average Bonchev–Trinajstić information content (AvgIpc) is 3.07. The van der Waals surface area contributed by atoms with Crippen molar-refractivity contribution in [1.29, 1.82) is 0 Å². The van der Waals surface area contributed by atoms with Gasteiger partial charge in [-0.2, -0.15) is 0 Å². The van der Waals surface area contributed by atoms with Crippen LogP contribution in [0.25, 0.3) is 5.65 Å². The van der Waals surface area contributed by atoms with Gasteiger partial charge in [-0.15, -0.1) is 0 Å². The summed E-state index contributed by atoms with van der Waals surface area (Å²) in [6.45, 7) is 2.11. The Balaban J connectivity index is 1.91. The van der Waals surface area contributed by atoms with E-state index in [2.05, 4.69) is 24.0 Å². The second kappa shape index (κ2) is 6.74. The Labute approximate surface area is 140 Å². The molecule has 0 aliphatic rings. The van der Waals surface area contributed by atoms with E-state index in [1.807, 2.05) is 18.2 Å². The molecule has 0 aliphatic heterocycles. The minimum atomic E-state index is -0.943. The zero-order valence-corrected chi connectivity index (χ0v) is 13.8. The molecule has 0 saturated carbocycles. The topological polar surface area (TPSA) is 63.8 Å². The van der Waals surface area contributed by atoms with Crippen LogP contribution in [0.1, 0.15) is 34.1 Å². The molecule has 0 unspecified atom stereocenters. The molecule has 0 spiro atoms. The van der Waals surface area contributed by atoms with Gasteiger partial charge >= 0.3 is 5.97 Å². The highest BCUT2D eigenvalue weighted by atomic mass is 16.5. The molecule has 24 heavy (non-hydrogen) atoms. The Hall–Kier alpha value is -2.82. The van der Waals surface area contributed by atoms with Gasteiger partial charge in [-0.1, -0.05) is 25.1 Å². The monoisotopic (exact) mass is 324 g/mol. The van der Waals surface area contributed by atoms with Crippen molar-refractivity contribution in [2.24, 2.45) is 0 Å². The maximum absolute atomic E-state index is 11.7. The Morgan fingerprint density at radius 3 is 2.67 bits per heavy atom. The molecule has 0 fully saturated rings. The number of hydrogen-bond acceptors (Lipinski definition) is 3. The summed E-state index contributed by atoms with van der Waals surface area (Å²) in [5.74, 6) is -0.0863. The lowest BCUT2D eigenvalue weighted by Gasteiger charge is -2.12. The molecule has 124 valence electrons. The smallest absolute Gasteiger partial charge is 0.353 e. The second-order valence-electron chi connectivity index (χ2n) is 5.67. The molecular weight excluding hydrogens is 304 g/mol. The lowest BCUT2D eigenvalue weighted by molar-refractivity contribution is 0.0687. The van der Waals surface area contributed by atoms with Crippen molar-refractivity contribution in [3.8, 4) is 5.75 Å². The molecule has 1 aromatic carbocycles. The van der Waals surface area contributed by atoms with Crippen LogP contribution < -0.4 is 4.74 Å². The summed E-state index contributed by atoms with van der Waals surface area (Å²) in [6.07, 6.45) is 5.58. The minimum Gasteiger partial charge on any atom is -0.496 e. The van der Waals surface area contributed by atoms with Crippen LogP contribution >= 0.6 is 0 Å². The number of pyridine rings is 1. The van der Waals surface area contributed by atoms with Crippen molar-refractivity contribution >= 4 is 11.6 Å². The van der Waals surface area contributed by atoms with Crippen LogP contribution in [-0.2, 0) is 19.3 Å². The fourth-order valence-corrected chi connectivity index (χ4v) is 2.96. The molecule has 0 radical (unpaired) electrons. The summed E-state index contributed by atoms with van der Waals surface area (Å²) < 4.78 is 7.10. The predicted molar refractivity (Wildman–Crippen MR) is 91.9 cm³/mol. The molecule has 0 bridgehead atoms. The zero-order valence-electron chi connectivity index (χ0n) is 13.8. The number of aryl methyl sites for hydroxylation is 3. The van der Waals surface area contributed by atoms with E-state index in [1.165, 1.54) is 5.56 Å². The Bertz CT molecular complexity index is 883. The first-order valence-electron chi connectivity index (χ1n) is 7.98. The second-order valence-corrected chi connectivity index (χ2v) is 5.67. The lowest BCUT2D eigenvalue weighted by atomic mass is 10.0. The van der Waals surface area contributed by atoms with Crippen LogP contribution in [0, 0.1) is 0 Å². The van der Waals surface area contributed by atoms with Crippen molar-refractivity contribution in [3.63, 3.8) is 0 Å². The minimum absolute atomic E-state index is 0.272. The number of rotatable bonds is 6. The maximum Gasteiger partial charge on any atom is 0.353 e. The Kier molecular flexibility index (Phi) is 4.51. The fraction of sp³-hybridized carbons (Fsp3) is 0.263. The van der Waals surface area contributed by atoms with Gasteiger partial charge in [-0.25, -0.2) is 9.78 Å². The summed E-state index contributed by atoms with van der Waals surface area (Å²) >= 11 is 0. The number of benzene rings is 1. The highest BCUT2D eigenvalue weighted by molar-refractivity contribution is 5.88. The SMILES string of the molecule is CCc1ccc(CCc2ccc3nccn3c2C(=O)O)c(OC)c1. The first kappa shape index (κ1) is 16.1. The standard InChI is InChI=1S/C19H20N2O3/c1-3-13-4-5-14(16(12-13)24-2)6-7-15-8-9-17-20-10-11-21(17)18(15)19(22)23/h4-5,8-12H,3,6-7H2,1-2H3,(H,22,23). The van der Waals surface area contributed by atoms with Gasteiger partial charge in [0.25, 0.3) is 0 Å². The largest absolute Gasteiger partial charge is 0.496 e. The summed E-state index contributed by atoms with van der Waals surface area (Å²) in [5, 5.41) is 9.58. The van der Waals surface area contributed by atoms with Crippen LogP contribution in [0.5, 0.6) is 5.75 Å². The first-order valence-corrected chi connectivity index (χ1v) is 7.98. The summed E-state index contributed by atoms with van der Waals surface area (Å²) in [7, 11) is 1.67. The number of carbonyl (C=O) groups is 1. The highest BCUT2D eigenvalue weighted by Gasteiger charge is 2.15. The zero-order chi connectivity index (χ0) is 17.1. The van der Waals surface area contributed by atoms with Gasteiger partial charge < -0.3 is 9.84 Å². The van der Waals surface area contributed by atoms with Crippen LogP contribution in [0.4, 0.5) is 0 Å².